The summed E-state index contributed by atoms with van der Waals surface area (Å²) in [5.74, 6) is 1.85. The molecule has 1 atom stereocenters. The maximum absolute atomic E-state index is 12.9. The summed E-state index contributed by atoms with van der Waals surface area (Å²) in [7, 11) is 1.63. The standard InChI is InChI=1S/C24H25N3O2/c1-15-5-6-18(13-22(15)29-2)24(28)26-20-10-9-16-7-8-17(12-19(16)20)21-14-27-11-3-4-23(27)25-21/h5-8,12-14,20H,3-4,9-11H2,1-2H3,(H,26,28)/t20-/m1/s1. The van der Waals surface area contributed by atoms with Crippen LogP contribution in [0.5, 0.6) is 5.75 Å². The van der Waals surface area contributed by atoms with Gasteiger partial charge >= 0.3 is 0 Å². The van der Waals surface area contributed by atoms with Gasteiger partial charge in [0.25, 0.3) is 5.91 Å². The molecule has 5 heteroatoms. The Hall–Kier alpha value is -3.08. The van der Waals surface area contributed by atoms with Gasteiger partial charge in [0.1, 0.15) is 11.6 Å². The number of methoxy groups -OCH3 is 1. The fourth-order valence-electron chi connectivity index (χ4n) is 4.51. The smallest absolute Gasteiger partial charge is 0.251 e. The minimum atomic E-state index is -0.0625. The average molecular weight is 387 g/mol. The molecule has 3 aromatic rings. The maximum atomic E-state index is 12.9. The summed E-state index contributed by atoms with van der Waals surface area (Å²) < 4.78 is 7.62. The SMILES string of the molecule is COc1cc(C(=O)N[C@@H]2CCc3ccc(-c4cn5c(n4)CCC5)cc32)ccc1C. The minimum Gasteiger partial charge on any atom is -0.496 e. The largest absolute Gasteiger partial charge is 0.496 e. The molecule has 0 radical (unpaired) electrons. The van der Waals surface area contributed by atoms with Crippen LogP contribution in [0.3, 0.4) is 0 Å². The number of aromatic nitrogens is 2. The number of ether oxygens (including phenoxy) is 1. The molecule has 5 nitrogen and oxygen atoms in total. The van der Waals surface area contributed by atoms with Crippen LogP contribution in [0.25, 0.3) is 11.3 Å². The van der Waals surface area contributed by atoms with Gasteiger partial charge in [-0.15, -0.1) is 0 Å². The lowest BCUT2D eigenvalue weighted by molar-refractivity contribution is 0.0936. The summed E-state index contributed by atoms with van der Waals surface area (Å²) in [5.41, 5.74) is 6.33. The van der Waals surface area contributed by atoms with Gasteiger partial charge in [0.05, 0.1) is 18.8 Å². The third-order valence-electron chi connectivity index (χ3n) is 6.15. The molecule has 0 saturated carbocycles. The predicted molar refractivity (Wildman–Crippen MR) is 112 cm³/mol. The number of fused-ring (bicyclic) bond motifs is 2. The zero-order chi connectivity index (χ0) is 20.0. The van der Waals surface area contributed by atoms with E-state index in [2.05, 4.69) is 34.3 Å². The molecule has 1 aromatic heterocycles. The third-order valence-corrected chi connectivity index (χ3v) is 6.15. The molecule has 2 aromatic carbocycles. The van der Waals surface area contributed by atoms with Crippen molar-refractivity contribution in [2.45, 2.75) is 45.2 Å². The fraction of sp³-hybridized carbons (Fsp3) is 0.333. The maximum Gasteiger partial charge on any atom is 0.251 e. The predicted octanol–water partition coefficient (Wildman–Crippen LogP) is 4.23. The highest BCUT2D eigenvalue weighted by atomic mass is 16.5. The zero-order valence-electron chi connectivity index (χ0n) is 16.9. The highest BCUT2D eigenvalue weighted by Gasteiger charge is 2.26. The van der Waals surface area contributed by atoms with Crippen molar-refractivity contribution in [2.75, 3.05) is 7.11 Å². The number of nitrogens with one attached hydrogen (secondary N) is 1. The molecule has 0 spiro atoms. The van der Waals surface area contributed by atoms with Crippen LogP contribution in [0, 0.1) is 6.92 Å². The zero-order valence-corrected chi connectivity index (χ0v) is 16.9. The molecule has 1 N–H and O–H groups in total. The fourth-order valence-corrected chi connectivity index (χ4v) is 4.51. The second kappa shape index (κ2) is 7.07. The molecule has 29 heavy (non-hydrogen) atoms. The quantitative estimate of drug-likeness (QED) is 0.729. The van der Waals surface area contributed by atoms with Crippen LogP contribution < -0.4 is 10.1 Å². The Morgan fingerprint density at radius 2 is 2.10 bits per heavy atom. The van der Waals surface area contributed by atoms with Crippen molar-refractivity contribution in [1.82, 2.24) is 14.9 Å². The molecule has 1 aliphatic heterocycles. The molecule has 0 bridgehead atoms. The van der Waals surface area contributed by atoms with Crippen LogP contribution in [-0.4, -0.2) is 22.6 Å². The van der Waals surface area contributed by atoms with Gasteiger partial charge in [-0.2, -0.15) is 0 Å². The van der Waals surface area contributed by atoms with Gasteiger partial charge in [-0.1, -0.05) is 18.2 Å². The van der Waals surface area contributed by atoms with Crippen LogP contribution >= 0.6 is 0 Å². The van der Waals surface area contributed by atoms with Crippen molar-refractivity contribution in [2.24, 2.45) is 0 Å². The van der Waals surface area contributed by atoms with E-state index < -0.39 is 0 Å². The lowest BCUT2D eigenvalue weighted by atomic mass is 10.0. The monoisotopic (exact) mass is 387 g/mol. The van der Waals surface area contributed by atoms with E-state index in [1.165, 1.54) is 23.4 Å². The molecule has 148 valence electrons. The van der Waals surface area contributed by atoms with E-state index in [-0.39, 0.29) is 11.9 Å². The summed E-state index contributed by atoms with van der Waals surface area (Å²) >= 11 is 0. The number of benzene rings is 2. The number of rotatable bonds is 4. The number of carbonyl (C=O) groups excluding carboxylic acids is 1. The highest BCUT2D eigenvalue weighted by Crippen LogP contribution is 2.35. The van der Waals surface area contributed by atoms with E-state index in [9.17, 15) is 4.79 Å². The van der Waals surface area contributed by atoms with E-state index in [0.29, 0.717) is 5.56 Å². The van der Waals surface area contributed by atoms with Crippen molar-refractivity contribution in [1.29, 1.82) is 0 Å². The van der Waals surface area contributed by atoms with Crippen LogP contribution in [-0.2, 0) is 19.4 Å². The number of imidazole rings is 1. The Balaban J connectivity index is 1.39. The average Bonchev–Trinajstić information content (AvgIpc) is 3.43. The van der Waals surface area contributed by atoms with Crippen LogP contribution in [0.1, 0.15) is 51.8 Å². The molecular weight excluding hydrogens is 362 g/mol. The van der Waals surface area contributed by atoms with Crippen molar-refractivity contribution >= 4 is 5.91 Å². The number of carbonyl (C=O) groups is 1. The first-order chi connectivity index (χ1) is 14.1. The van der Waals surface area contributed by atoms with E-state index in [1.54, 1.807) is 7.11 Å². The normalized spacial score (nSPS) is 17.1. The lowest BCUT2D eigenvalue weighted by Crippen LogP contribution is -2.27. The second-order valence-electron chi connectivity index (χ2n) is 8.00. The van der Waals surface area contributed by atoms with Gasteiger partial charge in [-0.05, 0) is 61.1 Å². The first-order valence-corrected chi connectivity index (χ1v) is 10.3. The van der Waals surface area contributed by atoms with E-state index in [4.69, 9.17) is 9.72 Å². The molecule has 0 fully saturated rings. The Morgan fingerprint density at radius 1 is 1.21 bits per heavy atom. The molecule has 1 amide bonds. The van der Waals surface area contributed by atoms with E-state index >= 15 is 0 Å². The Morgan fingerprint density at radius 3 is 2.93 bits per heavy atom. The first-order valence-electron chi connectivity index (χ1n) is 10.3. The third kappa shape index (κ3) is 3.20. The molecule has 0 unspecified atom stereocenters. The van der Waals surface area contributed by atoms with E-state index in [1.807, 2.05) is 25.1 Å². The molecule has 2 aliphatic rings. The van der Waals surface area contributed by atoms with Gasteiger partial charge in [-0.3, -0.25) is 4.79 Å². The summed E-state index contributed by atoms with van der Waals surface area (Å²) in [4.78, 5) is 17.7. The topological polar surface area (TPSA) is 56.1 Å². The molecule has 1 aliphatic carbocycles. The Bertz CT molecular complexity index is 1080. The van der Waals surface area contributed by atoms with Crippen LogP contribution in [0.4, 0.5) is 0 Å². The Labute approximate surface area is 170 Å². The van der Waals surface area contributed by atoms with Crippen molar-refractivity contribution in [3.8, 4) is 17.0 Å². The van der Waals surface area contributed by atoms with Crippen LogP contribution in [0.2, 0.25) is 0 Å². The first kappa shape index (κ1) is 18.0. The molecule has 2 heterocycles. The van der Waals surface area contributed by atoms with Gasteiger partial charge in [-0.25, -0.2) is 4.98 Å². The van der Waals surface area contributed by atoms with E-state index in [0.717, 1.165) is 48.4 Å². The van der Waals surface area contributed by atoms with Gasteiger partial charge in [0.2, 0.25) is 0 Å². The van der Waals surface area contributed by atoms with Crippen molar-refractivity contribution < 1.29 is 9.53 Å². The van der Waals surface area contributed by atoms with Crippen molar-refractivity contribution in [3.05, 3.63) is 70.7 Å². The Kier molecular flexibility index (Phi) is 4.38. The van der Waals surface area contributed by atoms with Crippen molar-refractivity contribution in [3.63, 3.8) is 0 Å². The number of hydrogen-bond donors (Lipinski definition) is 1. The number of aryl methyl sites for hydroxylation is 4. The van der Waals surface area contributed by atoms with Gasteiger partial charge in [0, 0.05) is 30.3 Å². The van der Waals surface area contributed by atoms with Crippen LogP contribution in [0.15, 0.2) is 42.6 Å². The highest BCUT2D eigenvalue weighted by molar-refractivity contribution is 5.95. The molecule has 0 saturated heterocycles. The summed E-state index contributed by atoms with van der Waals surface area (Å²) in [6, 6.07) is 12.2. The van der Waals surface area contributed by atoms with Gasteiger partial charge < -0.3 is 14.6 Å². The number of hydrogen-bond acceptors (Lipinski definition) is 3. The summed E-state index contributed by atoms with van der Waals surface area (Å²) in [5, 5.41) is 3.22. The summed E-state index contributed by atoms with van der Waals surface area (Å²) in [6.07, 6.45) is 6.31. The second-order valence-corrected chi connectivity index (χ2v) is 8.00. The molecular formula is C24H25N3O2. The summed E-state index contributed by atoms with van der Waals surface area (Å²) in [6.45, 7) is 3.03. The number of nitrogens with zero attached hydrogens (tertiary/aromatic N) is 2. The minimum absolute atomic E-state index is 0.0270. The lowest BCUT2D eigenvalue weighted by Gasteiger charge is -2.16. The number of amides is 1. The van der Waals surface area contributed by atoms with Gasteiger partial charge in [0.15, 0.2) is 0 Å². The molecule has 5 rings (SSSR count).